The second-order valence-corrected chi connectivity index (χ2v) is 12.0. The van der Waals surface area contributed by atoms with Gasteiger partial charge in [0.05, 0.1) is 36.5 Å². The molecule has 0 radical (unpaired) electrons. The third-order valence-corrected chi connectivity index (χ3v) is 9.01. The lowest BCUT2D eigenvalue weighted by Gasteiger charge is -2.23. The fourth-order valence-electron chi connectivity index (χ4n) is 5.86. The molecular weight excluding hydrogens is 625 g/mol. The summed E-state index contributed by atoms with van der Waals surface area (Å²) in [4.78, 5) is 32.0. The van der Waals surface area contributed by atoms with Gasteiger partial charge in [0.15, 0.2) is 16.3 Å². The topological polar surface area (TPSA) is 88.4 Å². The average molecular weight is 661 g/mol. The summed E-state index contributed by atoms with van der Waals surface area (Å²) in [6.45, 7) is 9.03. The van der Waals surface area contributed by atoms with Gasteiger partial charge >= 0.3 is 5.97 Å². The normalized spacial score (nSPS) is 14.1. The van der Waals surface area contributed by atoms with Gasteiger partial charge in [-0.05, 0) is 83.6 Å². The summed E-state index contributed by atoms with van der Waals surface area (Å²) in [5, 5.41) is 2.32. The van der Waals surface area contributed by atoms with Crippen LogP contribution < -0.4 is 29.1 Å². The lowest BCUT2D eigenvalue weighted by Crippen LogP contribution is -2.39. The Bertz CT molecular complexity index is 2210. The van der Waals surface area contributed by atoms with E-state index in [2.05, 4.69) is 35.8 Å². The molecule has 1 aliphatic heterocycles. The van der Waals surface area contributed by atoms with Crippen molar-refractivity contribution in [3.63, 3.8) is 0 Å². The Morgan fingerprint density at radius 3 is 2.48 bits per heavy atom. The molecule has 8 nitrogen and oxygen atoms in total. The molecule has 5 aromatic rings. The van der Waals surface area contributed by atoms with Gasteiger partial charge in [-0.1, -0.05) is 72.0 Å². The van der Waals surface area contributed by atoms with Gasteiger partial charge in [-0.15, -0.1) is 6.58 Å². The maximum atomic E-state index is 14.1. The van der Waals surface area contributed by atoms with Crippen LogP contribution in [0.5, 0.6) is 17.2 Å². The van der Waals surface area contributed by atoms with E-state index in [-0.39, 0.29) is 11.1 Å². The molecule has 9 heteroatoms. The third-order valence-electron chi connectivity index (χ3n) is 8.02. The number of allylic oxidation sites excluding steroid dienone is 1. The SMILES string of the molecule is C=CCc1cc(/C=c2\sc3n(c2=O)[C@H](c2ccc(OCC)c(OCC)c2)C(C(=O)OC)=CN=3)ccc1OCc1cccc2ccccc12. The van der Waals surface area contributed by atoms with Crippen LogP contribution in [0.2, 0.25) is 0 Å². The van der Waals surface area contributed by atoms with Crippen molar-refractivity contribution in [3.8, 4) is 17.2 Å². The number of hydrogen-bond donors (Lipinski definition) is 0. The minimum absolute atomic E-state index is 0.240. The fourth-order valence-corrected chi connectivity index (χ4v) is 6.83. The largest absolute Gasteiger partial charge is 0.490 e. The fraction of sp³-hybridized carbons (Fsp3) is 0.205. The number of thiazole rings is 1. The van der Waals surface area contributed by atoms with Crippen LogP contribution in [0.1, 0.15) is 42.1 Å². The monoisotopic (exact) mass is 660 g/mol. The molecule has 0 saturated carbocycles. The first kappa shape index (κ1) is 32.5. The molecule has 48 heavy (non-hydrogen) atoms. The van der Waals surface area contributed by atoms with Crippen molar-refractivity contribution in [2.24, 2.45) is 4.99 Å². The van der Waals surface area contributed by atoms with E-state index in [9.17, 15) is 9.59 Å². The van der Waals surface area contributed by atoms with Crippen LogP contribution in [0, 0.1) is 0 Å². The van der Waals surface area contributed by atoms with Crippen LogP contribution in [0.25, 0.3) is 16.8 Å². The van der Waals surface area contributed by atoms with E-state index >= 15 is 0 Å². The van der Waals surface area contributed by atoms with Gasteiger partial charge < -0.3 is 18.9 Å². The number of methoxy groups -OCH3 is 1. The first-order valence-electron chi connectivity index (χ1n) is 15.8. The first-order valence-corrected chi connectivity index (χ1v) is 16.6. The Kier molecular flexibility index (Phi) is 9.87. The van der Waals surface area contributed by atoms with Crippen LogP contribution in [0.3, 0.4) is 0 Å². The lowest BCUT2D eigenvalue weighted by molar-refractivity contribution is -0.136. The van der Waals surface area contributed by atoms with E-state index in [0.29, 0.717) is 52.6 Å². The molecule has 0 fully saturated rings. The van der Waals surface area contributed by atoms with Gasteiger partial charge in [-0.3, -0.25) is 9.36 Å². The second kappa shape index (κ2) is 14.6. The highest BCUT2D eigenvalue weighted by Crippen LogP contribution is 2.35. The van der Waals surface area contributed by atoms with Crippen LogP contribution in [0.4, 0.5) is 0 Å². The maximum Gasteiger partial charge on any atom is 0.337 e. The number of benzene rings is 4. The van der Waals surface area contributed by atoms with E-state index in [4.69, 9.17) is 18.9 Å². The molecule has 0 unspecified atom stereocenters. The molecular formula is C39H36N2O6S. The molecule has 1 atom stereocenters. The Balaban J connectivity index is 1.37. The minimum Gasteiger partial charge on any atom is -0.490 e. The van der Waals surface area contributed by atoms with E-state index in [1.165, 1.54) is 30.0 Å². The summed E-state index contributed by atoms with van der Waals surface area (Å²) in [6.07, 6.45) is 5.75. The highest BCUT2D eigenvalue weighted by molar-refractivity contribution is 7.07. The van der Waals surface area contributed by atoms with Crippen LogP contribution in [-0.4, -0.2) is 30.9 Å². The van der Waals surface area contributed by atoms with Gasteiger partial charge in [0, 0.05) is 6.20 Å². The van der Waals surface area contributed by atoms with E-state index in [1.807, 2.05) is 68.5 Å². The highest BCUT2D eigenvalue weighted by atomic mass is 32.1. The number of nitrogens with zero attached hydrogens (tertiary/aromatic N) is 2. The molecule has 1 aromatic heterocycles. The first-order chi connectivity index (χ1) is 23.4. The Labute approximate surface area is 282 Å². The van der Waals surface area contributed by atoms with E-state index in [0.717, 1.165) is 27.8 Å². The molecule has 0 saturated heterocycles. The zero-order chi connectivity index (χ0) is 33.6. The van der Waals surface area contributed by atoms with Crippen molar-refractivity contribution in [1.82, 2.24) is 4.57 Å². The predicted octanol–water partition coefficient (Wildman–Crippen LogP) is 6.28. The van der Waals surface area contributed by atoms with E-state index in [1.54, 1.807) is 16.7 Å². The predicted molar refractivity (Wildman–Crippen MR) is 189 cm³/mol. The molecule has 0 bridgehead atoms. The molecule has 6 rings (SSSR count). The van der Waals surface area contributed by atoms with Crippen molar-refractivity contribution in [2.75, 3.05) is 20.3 Å². The summed E-state index contributed by atoms with van der Waals surface area (Å²) < 4.78 is 25.0. The van der Waals surface area contributed by atoms with Crippen molar-refractivity contribution >= 4 is 34.2 Å². The summed E-state index contributed by atoms with van der Waals surface area (Å²) in [5.41, 5.74) is 3.52. The number of fused-ring (bicyclic) bond motifs is 2. The Morgan fingerprint density at radius 1 is 0.917 bits per heavy atom. The quantitative estimate of drug-likeness (QED) is 0.116. The Morgan fingerprint density at radius 2 is 1.69 bits per heavy atom. The number of rotatable bonds is 12. The van der Waals surface area contributed by atoms with Crippen LogP contribution >= 0.6 is 11.3 Å². The number of carbonyl (C=O) groups excluding carboxylic acids is 1. The number of aromatic nitrogens is 1. The van der Waals surface area contributed by atoms with Gasteiger partial charge in [-0.2, -0.15) is 0 Å². The van der Waals surface area contributed by atoms with Crippen molar-refractivity contribution in [3.05, 3.63) is 145 Å². The van der Waals surface area contributed by atoms with Crippen molar-refractivity contribution in [1.29, 1.82) is 0 Å². The molecule has 4 aromatic carbocycles. The number of carbonyl (C=O) groups is 1. The molecule has 2 heterocycles. The average Bonchev–Trinajstić information content (AvgIpc) is 3.42. The zero-order valence-corrected chi connectivity index (χ0v) is 27.9. The third kappa shape index (κ3) is 6.55. The molecule has 0 aliphatic carbocycles. The summed E-state index contributed by atoms with van der Waals surface area (Å²) >= 11 is 1.26. The van der Waals surface area contributed by atoms with Crippen LogP contribution in [0.15, 0.2) is 113 Å². The molecule has 0 spiro atoms. The number of hydrogen-bond acceptors (Lipinski definition) is 8. The molecule has 1 aliphatic rings. The molecule has 244 valence electrons. The minimum atomic E-state index is -0.771. The maximum absolute atomic E-state index is 14.1. The van der Waals surface area contributed by atoms with Gasteiger partial charge in [0.1, 0.15) is 12.4 Å². The standard InChI is InChI=1S/C39H36N2O6S/c1-5-11-27-20-25(16-18-32(27)47-24-29-14-10-13-26-12-8-9-15-30(26)29)21-35-37(42)41-36(31(38(43)44-4)23-40-39(41)48-35)28-17-19-33(45-6-2)34(22-28)46-7-3/h5,8-10,12-23,36H,1,6-7,11,24H2,2-4H3/b35-21-/t36-/m1/s1. The van der Waals surface area contributed by atoms with Crippen molar-refractivity contribution < 1.29 is 23.7 Å². The molecule has 0 N–H and O–H groups in total. The summed E-state index contributed by atoms with van der Waals surface area (Å²) in [5.74, 6) is 1.29. The van der Waals surface area contributed by atoms with Gasteiger partial charge in [0.2, 0.25) is 0 Å². The van der Waals surface area contributed by atoms with Crippen LogP contribution in [-0.2, 0) is 22.6 Å². The molecule has 0 amide bonds. The Hall–Kier alpha value is -5.41. The smallest absolute Gasteiger partial charge is 0.337 e. The number of ether oxygens (including phenoxy) is 4. The highest BCUT2D eigenvalue weighted by Gasteiger charge is 2.31. The summed E-state index contributed by atoms with van der Waals surface area (Å²) in [6, 6.07) is 25.0. The van der Waals surface area contributed by atoms with Gasteiger partial charge in [-0.25, -0.2) is 9.79 Å². The summed E-state index contributed by atoms with van der Waals surface area (Å²) in [7, 11) is 1.31. The van der Waals surface area contributed by atoms with E-state index < -0.39 is 12.0 Å². The zero-order valence-electron chi connectivity index (χ0n) is 27.1. The lowest BCUT2D eigenvalue weighted by atomic mass is 9.97. The number of esters is 1. The van der Waals surface area contributed by atoms with Gasteiger partial charge in [0.25, 0.3) is 5.56 Å². The van der Waals surface area contributed by atoms with Crippen molar-refractivity contribution in [2.45, 2.75) is 32.9 Å². The second-order valence-electron chi connectivity index (χ2n) is 11.0.